The number of hydrogen-bond donors (Lipinski definition) is 0. The van der Waals surface area contributed by atoms with E-state index in [1.807, 2.05) is 12.1 Å². The molecule has 5 heteroatoms. The maximum absolute atomic E-state index is 12.9. The van der Waals surface area contributed by atoms with Crippen molar-refractivity contribution in [3.63, 3.8) is 0 Å². The van der Waals surface area contributed by atoms with E-state index >= 15 is 0 Å². The maximum Gasteiger partial charge on any atom is 0.254 e. The molecule has 1 aliphatic heterocycles. The quantitative estimate of drug-likeness (QED) is 0.822. The molecule has 0 fully saturated rings. The highest BCUT2D eigenvalue weighted by atomic mass is 19.1. The van der Waals surface area contributed by atoms with Gasteiger partial charge in [-0.05, 0) is 35.4 Å². The smallest absolute Gasteiger partial charge is 0.254 e. The van der Waals surface area contributed by atoms with Crippen LogP contribution < -0.4 is 4.74 Å². The van der Waals surface area contributed by atoms with Gasteiger partial charge in [0.1, 0.15) is 18.2 Å². The molecule has 0 atom stereocenters. The SMILES string of the molecule is COCCN1Cc2ccc(OCc3ccc(F)cc3)cc2C1=O. The first-order chi connectivity index (χ1) is 11.2. The van der Waals surface area contributed by atoms with Crippen molar-refractivity contribution in [2.24, 2.45) is 0 Å². The van der Waals surface area contributed by atoms with Crippen LogP contribution in [0, 0.1) is 5.82 Å². The maximum atomic E-state index is 12.9. The van der Waals surface area contributed by atoms with Gasteiger partial charge in [0.15, 0.2) is 0 Å². The zero-order valence-electron chi connectivity index (χ0n) is 12.9. The molecule has 0 saturated heterocycles. The molecule has 1 heterocycles. The largest absolute Gasteiger partial charge is 0.489 e. The van der Waals surface area contributed by atoms with E-state index in [1.54, 1.807) is 30.2 Å². The number of amides is 1. The van der Waals surface area contributed by atoms with E-state index in [4.69, 9.17) is 9.47 Å². The second-order valence-corrected chi connectivity index (χ2v) is 5.45. The van der Waals surface area contributed by atoms with E-state index in [1.165, 1.54) is 12.1 Å². The molecule has 0 aromatic heterocycles. The number of methoxy groups -OCH3 is 1. The summed E-state index contributed by atoms with van der Waals surface area (Å²) in [5.41, 5.74) is 2.55. The summed E-state index contributed by atoms with van der Waals surface area (Å²) in [5.74, 6) is 0.368. The van der Waals surface area contributed by atoms with Crippen molar-refractivity contribution in [2.45, 2.75) is 13.2 Å². The Labute approximate surface area is 134 Å². The van der Waals surface area contributed by atoms with Gasteiger partial charge in [-0.25, -0.2) is 4.39 Å². The third kappa shape index (κ3) is 3.51. The molecular weight excluding hydrogens is 297 g/mol. The number of fused-ring (bicyclic) bond motifs is 1. The summed E-state index contributed by atoms with van der Waals surface area (Å²) in [4.78, 5) is 14.1. The van der Waals surface area contributed by atoms with Gasteiger partial charge in [0.25, 0.3) is 5.91 Å². The highest BCUT2D eigenvalue weighted by Crippen LogP contribution is 2.27. The molecule has 0 unspecified atom stereocenters. The number of rotatable bonds is 6. The standard InChI is InChI=1S/C18H18FNO3/c1-22-9-8-20-11-14-4-7-16(10-17(14)18(20)21)23-12-13-2-5-15(19)6-3-13/h2-7,10H,8-9,11-12H2,1H3. The van der Waals surface area contributed by atoms with E-state index in [0.717, 1.165) is 11.1 Å². The molecule has 3 rings (SSSR count). The first kappa shape index (κ1) is 15.5. The molecule has 23 heavy (non-hydrogen) atoms. The van der Waals surface area contributed by atoms with Crippen molar-refractivity contribution in [3.8, 4) is 5.75 Å². The van der Waals surface area contributed by atoms with Gasteiger partial charge in [-0.15, -0.1) is 0 Å². The summed E-state index contributed by atoms with van der Waals surface area (Å²) in [6.45, 7) is 2.04. The lowest BCUT2D eigenvalue weighted by Crippen LogP contribution is -2.27. The van der Waals surface area contributed by atoms with Crippen LogP contribution in [-0.4, -0.2) is 31.1 Å². The summed E-state index contributed by atoms with van der Waals surface area (Å²) >= 11 is 0. The van der Waals surface area contributed by atoms with Crippen molar-refractivity contribution in [3.05, 3.63) is 65.0 Å². The van der Waals surface area contributed by atoms with E-state index < -0.39 is 0 Å². The lowest BCUT2D eigenvalue weighted by Gasteiger charge is -2.14. The number of hydrogen-bond acceptors (Lipinski definition) is 3. The minimum atomic E-state index is -0.270. The third-order valence-electron chi connectivity index (χ3n) is 3.84. The molecule has 1 aliphatic rings. The van der Waals surface area contributed by atoms with Crippen molar-refractivity contribution in [1.82, 2.24) is 4.90 Å². The molecule has 0 spiro atoms. The van der Waals surface area contributed by atoms with Crippen LogP contribution in [0.4, 0.5) is 4.39 Å². The van der Waals surface area contributed by atoms with Gasteiger partial charge in [0, 0.05) is 25.8 Å². The molecule has 0 saturated carbocycles. The van der Waals surface area contributed by atoms with Crippen molar-refractivity contribution in [1.29, 1.82) is 0 Å². The van der Waals surface area contributed by atoms with E-state index in [-0.39, 0.29) is 11.7 Å². The molecule has 0 aliphatic carbocycles. The van der Waals surface area contributed by atoms with Gasteiger partial charge in [-0.1, -0.05) is 18.2 Å². The Hall–Kier alpha value is -2.40. The summed E-state index contributed by atoms with van der Waals surface area (Å²) in [6, 6.07) is 11.7. The average molecular weight is 315 g/mol. The van der Waals surface area contributed by atoms with Crippen molar-refractivity contribution in [2.75, 3.05) is 20.3 Å². The minimum Gasteiger partial charge on any atom is -0.489 e. The minimum absolute atomic E-state index is 0.00396. The van der Waals surface area contributed by atoms with Gasteiger partial charge in [-0.3, -0.25) is 4.79 Å². The third-order valence-corrected chi connectivity index (χ3v) is 3.84. The number of carbonyl (C=O) groups is 1. The van der Waals surface area contributed by atoms with Gasteiger partial charge < -0.3 is 14.4 Å². The summed E-state index contributed by atoms with van der Waals surface area (Å²) in [7, 11) is 1.62. The predicted molar refractivity (Wildman–Crippen MR) is 83.8 cm³/mol. The van der Waals surface area contributed by atoms with Crippen LogP contribution in [0.25, 0.3) is 0 Å². The van der Waals surface area contributed by atoms with Gasteiger partial charge in [0.2, 0.25) is 0 Å². The Morgan fingerprint density at radius 2 is 1.96 bits per heavy atom. The van der Waals surface area contributed by atoms with Gasteiger partial charge in [0.05, 0.1) is 6.61 Å². The number of benzene rings is 2. The zero-order chi connectivity index (χ0) is 16.2. The summed E-state index contributed by atoms with van der Waals surface area (Å²) < 4.78 is 23.6. The van der Waals surface area contributed by atoms with Crippen LogP contribution >= 0.6 is 0 Å². The van der Waals surface area contributed by atoms with Gasteiger partial charge in [-0.2, -0.15) is 0 Å². The monoisotopic (exact) mass is 315 g/mol. The van der Waals surface area contributed by atoms with Crippen LogP contribution in [0.2, 0.25) is 0 Å². The summed E-state index contributed by atoms with van der Waals surface area (Å²) in [6.07, 6.45) is 0. The second-order valence-electron chi connectivity index (χ2n) is 5.45. The Morgan fingerprint density at radius 3 is 2.70 bits per heavy atom. The first-order valence-corrected chi connectivity index (χ1v) is 7.46. The normalized spacial score (nSPS) is 13.3. The molecule has 0 bridgehead atoms. The second kappa shape index (κ2) is 6.79. The number of ether oxygens (including phenoxy) is 2. The Balaban J connectivity index is 1.66. The Morgan fingerprint density at radius 1 is 1.17 bits per heavy atom. The molecule has 2 aromatic rings. The molecule has 0 radical (unpaired) electrons. The van der Waals surface area contributed by atoms with Gasteiger partial charge >= 0.3 is 0 Å². The fourth-order valence-corrected chi connectivity index (χ4v) is 2.56. The van der Waals surface area contributed by atoms with Crippen LogP contribution in [0.3, 0.4) is 0 Å². The molecular formula is C18H18FNO3. The Bertz CT molecular complexity index is 700. The van der Waals surface area contributed by atoms with E-state index in [2.05, 4.69) is 0 Å². The molecule has 4 nitrogen and oxygen atoms in total. The highest BCUT2D eigenvalue weighted by molar-refractivity contribution is 5.98. The number of nitrogens with zero attached hydrogens (tertiary/aromatic N) is 1. The number of carbonyl (C=O) groups excluding carboxylic acids is 1. The van der Waals surface area contributed by atoms with Crippen molar-refractivity contribution >= 4 is 5.91 Å². The fourth-order valence-electron chi connectivity index (χ4n) is 2.56. The summed E-state index contributed by atoms with van der Waals surface area (Å²) in [5, 5.41) is 0. The van der Waals surface area contributed by atoms with Crippen LogP contribution in [0.15, 0.2) is 42.5 Å². The predicted octanol–water partition coefficient (Wildman–Crippen LogP) is 3.01. The lowest BCUT2D eigenvalue weighted by atomic mass is 10.1. The van der Waals surface area contributed by atoms with Crippen LogP contribution in [0.5, 0.6) is 5.75 Å². The molecule has 2 aromatic carbocycles. The van der Waals surface area contributed by atoms with E-state index in [0.29, 0.717) is 37.6 Å². The van der Waals surface area contributed by atoms with Crippen LogP contribution in [0.1, 0.15) is 21.5 Å². The first-order valence-electron chi connectivity index (χ1n) is 7.46. The lowest BCUT2D eigenvalue weighted by molar-refractivity contribution is 0.0719. The topological polar surface area (TPSA) is 38.8 Å². The molecule has 120 valence electrons. The molecule has 0 N–H and O–H groups in total. The van der Waals surface area contributed by atoms with Crippen LogP contribution in [-0.2, 0) is 17.9 Å². The van der Waals surface area contributed by atoms with Crippen molar-refractivity contribution < 1.29 is 18.7 Å². The number of halogens is 1. The highest BCUT2D eigenvalue weighted by Gasteiger charge is 2.27. The Kier molecular flexibility index (Phi) is 4.57. The van der Waals surface area contributed by atoms with E-state index in [9.17, 15) is 9.18 Å². The average Bonchev–Trinajstić information content (AvgIpc) is 2.88. The zero-order valence-corrected chi connectivity index (χ0v) is 12.9. The fraction of sp³-hybridized carbons (Fsp3) is 0.278. The molecule has 1 amide bonds.